The summed E-state index contributed by atoms with van der Waals surface area (Å²) in [6.07, 6.45) is 0. The maximum Gasteiger partial charge on any atom is 0.165 e. The Morgan fingerprint density at radius 3 is 2.14 bits per heavy atom. The van der Waals surface area contributed by atoms with Crippen LogP contribution in [0.2, 0.25) is 0 Å². The van der Waals surface area contributed by atoms with Crippen molar-refractivity contribution in [1.29, 1.82) is 0 Å². The van der Waals surface area contributed by atoms with Gasteiger partial charge in [-0.2, -0.15) is 0 Å². The molecule has 1 unspecified atom stereocenters. The van der Waals surface area contributed by atoms with Crippen LogP contribution in [0, 0.1) is 26.6 Å². The lowest BCUT2D eigenvalue weighted by molar-refractivity contribution is 0.386. The Morgan fingerprint density at radius 2 is 1.67 bits per heavy atom. The first-order valence-corrected chi connectivity index (χ1v) is 7.06. The topological polar surface area (TPSA) is 21.3 Å². The minimum absolute atomic E-state index is 0.0361. The standard InChI is InChI=1S/C18H22FNO/c1-11-8-12(2)17(13(3)9-11)18(20-4)14-6-7-16(21-5)15(19)10-14/h6-10,18,20H,1-5H3. The fraction of sp³-hybridized carbons (Fsp3) is 0.333. The number of nitrogens with one attached hydrogen (secondary N) is 1. The van der Waals surface area contributed by atoms with Gasteiger partial charge in [0.25, 0.3) is 0 Å². The van der Waals surface area contributed by atoms with Crippen molar-refractivity contribution in [2.75, 3.05) is 14.2 Å². The molecule has 3 heteroatoms. The van der Waals surface area contributed by atoms with Crippen LogP contribution in [-0.4, -0.2) is 14.2 Å². The van der Waals surface area contributed by atoms with Crippen LogP contribution in [0.1, 0.15) is 33.9 Å². The molecule has 0 bridgehead atoms. The van der Waals surface area contributed by atoms with Crippen molar-refractivity contribution in [2.24, 2.45) is 0 Å². The molecule has 1 atom stereocenters. The SMILES string of the molecule is CNC(c1ccc(OC)c(F)c1)c1c(C)cc(C)cc1C. The van der Waals surface area contributed by atoms with Gasteiger partial charge in [0.2, 0.25) is 0 Å². The van der Waals surface area contributed by atoms with Gasteiger partial charge in [-0.25, -0.2) is 4.39 Å². The van der Waals surface area contributed by atoms with E-state index in [1.807, 2.05) is 13.1 Å². The second-order valence-electron chi connectivity index (χ2n) is 5.43. The molecule has 0 heterocycles. The highest BCUT2D eigenvalue weighted by molar-refractivity contribution is 5.45. The third-order valence-corrected chi connectivity index (χ3v) is 3.82. The third kappa shape index (κ3) is 3.08. The molecule has 0 fully saturated rings. The predicted octanol–water partition coefficient (Wildman–Crippen LogP) is 4.07. The van der Waals surface area contributed by atoms with E-state index in [-0.39, 0.29) is 17.6 Å². The molecule has 0 saturated heterocycles. The predicted molar refractivity (Wildman–Crippen MR) is 84.5 cm³/mol. The maximum absolute atomic E-state index is 14.0. The van der Waals surface area contributed by atoms with Gasteiger partial charge in [0.15, 0.2) is 11.6 Å². The number of hydrogen-bond donors (Lipinski definition) is 1. The molecule has 2 aromatic rings. The summed E-state index contributed by atoms with van der Waals surface area (Å²) >= 11 is 0. The normalized spacial score (nSPS) is 12.3. The molecule has 0 radical (unpaired) electrons. The van der Waals surface area contributed by atoms with E-state index in [2.05, 4.69) is 38.2 Å². The quantitative estimate of drug-likeness (QED) is 0.915. The first-order valence-electron chi connectivity index (χ1n) is 7.06. The third-order valence-electron chi connectivity index (χ3n) is 3.82. The van der Waals surface area contributed by atoms with Gasteiger partial charge in [0.05, 0.1) is 13.2 Å². The zero-order valence-corrected chi connectivity index (χ0v) is 13.3. The molecule has 0 aliphatic heterocycles. The molecular weight excluding hydrogens is 265 g/mol. The number of aryl methyl sites for hydroxylation is 3. The number of rotatable bonds is 4. The Morgan fingerprint density at radius 1 is 1.05 bits per heavy atom. The van der Waals surface area contributed by atoms with E-state index < -0.39 is 0 Å². The van der Waals surface area contributed by atoms with Crippen LogP contribution in [0.25, 0.3) is 0 Å². The Balaban J connectivity index is 2.52. The van der Waals surface area contributed by atoms with Crippen LogP contribution in [-0.2, 0) is 0 Å². The van der Waals surface area contributed by atoms with E-state index in [4.69, 9.17) is 4.74 Å². The lowest BCUT2D eigenvalue weighted by Gasteiger charge is -2.22. The van der Waals surface area contributed by atoms with Crippen molar-refractivity contribution in [3.05, 3.63) is 64.0 Å². The Hall–Kier alpha value is -1.87. The summed E-state index contributed by atoms with van der Waals surface area (Å²) < 4.78 is 19.0. The van der Waals surface area contributed by atoms with E-state index in [0.717, 1.165) is 5.56 Å². The van der Waals surface area contributed by atoms with Crippen molar-refractivity contribution >= 4 is 0 Å². The maximum atomic E-state index is 14.0. The summed E-state index contributed by atoms with van der Waals surface area (Å²) in [7, 11) is 3.37. The van der Waals surface area contributed by atoms with Crippen LogP contribution < -0.4 is 10.1 Å². The van der Waals surface area contributed by atoms with Gasteiger partial charge in [-0.05, 0) is 62.2 Å². The van der Waals surface area contributed by atoms with Gasteiger partial charge in [-0.1, -0.05) is 23.8 Å². The zero-order chi connectivity index (χ0) is 15.6. The number of benzene rings is 2. The fourth-order valence-corrected chi connectivity index (χ4v) is 2.99. The molecule has 21 heavy (non-hydrogen) atoms. The Labute approximate surface area is 126 Å². The summed E-state index contributed by atoms with van der Waals surface area (Å²) in [6.45, 7) is 6.28. The fourth-order valence-electron chi connectivity index (χ4n) is 2.99. The molecule has 2 rings (SSSR count). The monoisotopic (exact) mass is 287 g/mol. The summed E-state index contributed by atoms with van der Waals surface area (Å²) in [5.41, 5.74) is 5.76. The van der Waals surface area contributed by atoms with E-state index in [1.165, 1.54) is 29.4 Å². The number of halogens is 1. The summed E-state index contributed by atoms with van der Waals surface area (Å²) in [6, 6.07) is 9.40. The van der Waals surface area contributed by atoms with E-state index in [1.54, 1.807) is 12.1 Å². The second-order valence-corrected chi connectivity index (χ2v) is 5.43. The van der Waals surface area contributed by atoms with Crippen molar-refractivity contribution in [3.8, 4) is 5.75 Å². The zero-order valence-electron chi connectivity index (χ0n) is 13.3. The molecule has 2 aromatic carbocycles. The Bertz CT molecular complexity index is 629. The molecule has 1 N–H and O–H groups in total. The van der Waals surface area contributed by atoms with Crippen molar-refractivity contribution in [2.45, 2.75) is 26.8 Å². The van der Waals surface area contributed by atoms with Crippen LogP contribution in [0.5, 0.6) is 5.75 Å². The highest BCUT2D eigenvalue weighted by atomic mass is 19.1. The number of methoxy groups -OCH3 is 1. The minimum Gasteiger partial charge on any atom is -0.494 e. The lowest BCUT2D eigenvalue weighted by Crippen LogP contribution is -2.20. The van der Waals surface area contributed by atoms with E-state index in [0.29, 0.717) is 0 Å². The van der Waals surface area contributed by atoms with Crippen molar-refractivity contribution in [3.63, 3.8) is 0 Å². The van der Waals surface area contributed by atoms with E-state index in [9.17, 15) is 4.39 Å². The van der Waals surface area contributed by atoms with Crippen molar-refractivity contribution < 1.29 is 9.13 Å². The lowest BCUT2D eigenvalue weighted by atomic mass is 9.90. The van der Waals surface area contributed by atoms with Crippen LogP contribution in [0.4, 0.5) is 4.39 Å². The molecule has 0 saturated carbocycles. The second kappa shape index (κ2) is 6.27. The number of hydrogen-bond acceptors (Lipinski definition) is 2. The number of ether oxygens (including phenoxy) is 1. The molecule has 2 nitrogen and oxygen atoms in total. The highest BCUT2D eigenvalue weighted by Gasteiger charge is 2.18. The molecule has 0 aromatic heterocycles. The molecule has 0 spiro atoms. The first-order chi connectivity index (χ1) is 9.97. The Kier molecular flexibility index (Phi) is 4.63. The summed E-state index contributed by atoms with van der Waals surface area (Å²) in [4.78, 5) is 0. The summed E-state index contributed by atoms with van der Waals surface area (Å²) in [5.74, 6) is -0.0661. The average Bonchev–Trinajstić information content (AvgIpc) is 2.42. The van der Waals surface area contributed by atoms with Gasteiger partial charge in [0, 0.05) is 0 Å². The minimum atomic E-state index is -0.335. The van der Waals surface area contributed by atoms with Crippen molar-refractivity contribution in [1.82, 2.24) is 5.32 Å². The highest BCUT2D eigenvalue weighted by Crippen LogP contribution is 2.30. The van der Waals surface area contributed by atoms with Gasteiger partial charge in [-0.3, -0.25) is 0 Å². The van der Waals surface area contributed by atoms with Gasteiger partial charge in [0.1, 0.15) is 0 Å². The first kappa shape index (κ1) is 15.5. The molecular formula is C18H22FNO. The van der Waals surface area contributed by atoms with Crippen LogP contribution in [0.3, 0.4) is 0 Å². The van der Waals surface area contributed by atoms with Crippen LogP contribution in [0.15, 0.2) is 30.3 Å². The van der Waals surface area contributed by atoms with Gasteiger partial charge >= 0.3 is 0 Å². The van der Waals surface area contributed by atoms with Gasteiger partial charge in [-0.15, -0.1) is 0 Å². The van der Waals surface area contributed by atoms with E-state index >= 15 is 0 Å². The average molecular weight is 287 g/mol. The molecule has 0 aliphatic rings. The van der Waals surface area contributed by atoms with Gasteiger partial charge < -0.3 is 10.1 Å². The molecule has 0 amide bonds. The smallest absolute Gasteiger partial charge is 0.165 e. The largest absolute Gasteiger partial charge is 0.494 e. The van der Waals surface area contributed by atoms with Crippen LogP contribution >= 0.6 is 0 Å². The summed E-state index contributed by atoms with van der Waals surface area (Å²) in [5, 5.41) is 3.29. The molecule has 112 valence electrons. The molecule has 0 aliphatic carbocycles.